The van der Waals surface area contributed by atoms with Crippen molar-refractivity contribution in [3.8, 4) is 0 Å². The second kappa shape index (κ2) is 16.1. The third-order valence-corrected chi connectivity index (χ3v) is 11.8. The quantitative estimate of drug-likeness (QED) is 0.281. The standard InChI is InChI=1S/C37H66N2O12/c1-14-25-37(10,44)31-22(6)38-32(50-31)18(2)16-35(8,43)30(51-34-27(40)24(39(11)12)15-19(3)46-34)20(4)28(21(5)33(42)48-25)49-26-17-36(9,45-13)29(41)23(7)47-26/h18-31,34,40-41,43-44H,14-17H2,1-13H3/t18-,19+,20-,21+,22+,23-,24-,25+,26-,27+,28-,29-,30+,31+,34-,35+,36+,37+/m0/s1. The summed E-state index contributed by atoms with van der Waals surface area (Å²) in [5.74, 6) is -2.40. The Hall–Kier alpha value is -1.46. The van der Waals surface area contributed by atoms with E-state index in [1.807, 2.05) is 53.6 Å². The molecule has 3 fully saturated rings. The van der Waals surface area contributed by atoms with E-state index in [0.717, 1.165) is 0 Å². The lowest BCUT2D eigenvalue weighted by Crippen LogP contribution is -2.61. The number of aliphatic imine (C=N–C) groups is 1. The minimum absolute atomic E-state index is 0.117. The van der Waals surface area contributed by atoms with Crippen LogP contribution in [0.3, 0.4) is 0 Å². The van der Waals surface area contributed by atoms with E-state index in [4.69, 9.17) is 38.2 Å². The lowest BCUT2D eigenvalue weighted by Gasteiger charge is -2.49. The van der Waals surface area contributed by atoms with Gasteiger partial charge in [0.25, 0.3) is 0 Å². The van der Waals surface area contributed by atoms with Gasteiger partial charge in [0.15, 0.2) is 24.6 Å². The molecular formula is C37H66N2O12. The van der Waals surface area contributed by atoms with Crippen LogP contribution in [-0.4, -0.2) is 149 Å². The first kappa shape index (κ1) is 42.3. The molecule has 0 spiro atoms. The van der Waals surface area contributed by atoms with Crippen LogP contribution in [0.15, 0.2) is 4.99 Å². The SMILES string of the molecule is CC[C@H]1OC(=O)[C@H](C)[C@@H](O[C@H]2C[C@@](C)(OC)[C@@H](O)[C@H](C)O2)[C@H](C)[C@@H](O[C@@H]2O[C@H](C)C[C@H](N(C)C)[C@H]2O)[C@](C)(O)C[C@H](C)C2=N[C@H](C)[C@@H](O2)[C@]1(C)O. The Bertz CT molecular complexity index is 1220. The van der Waals surface area contributed by atoms with Crippen molar-refractivity contribution in [3.05, 3.63) is 0 Å². The van der Waals surface area contributed by atoms with Gasteiger partial charge in [0, 0.05) is 31.4 Å². The average molecular weight is 731 g/mol. The number of nitrogens with zero attached hydrogens (tertiary/aromatic N) is 2. The molecule has 0 amide bonds. The molecule has 296 valence electrons. The van der Waals surface area contributed by atoms with Crippen LogP contribution < -0.4 is 0 Å². The summed E-state index contributed by atoms with van der Waals surface area (Å²) in [6.45, 7) is 17.7. The molecule has 4 heterocycles. The number of carbonyl (C=O) groups is 1. The van der Waals surface area contributed by atoms with Gasteiger partial charge in [-0.25, -0.2) is 4.99 Å². The van der Waals surface area contributed by atoms with Gasteiger partial charge in [-0.3, -0.25) is 4.79 Å². The van der Waals surface area contributed by atoms with Crippen molar-refractivity contribution in [1.29, 1.82) is 0 Å². The molecule has 51 heavy (non-hydrogen) atoms. The van der Waals surface area contributed by atoms with Crippen molar-refractivity contribution in [2.24, 2.45) is 22.7 Å². The molecule has 14 nitrogen and oxygen atoms in total. The van der Waals surface area contributed by atoms with Gasteiger partial charge >= 0.3 is 5.97 Å². The van der Waals surface area contributed by atoms with Crippen molar-refractivity contribution in [3.63, 3.8) is 0 Å². The molecule has 4 aliphatic rings. The van der Waals surface area contributed by atoms with Gasteiger partial charge in [-0.1, -0.05) is 20.8 Å². The fourth-order valence-corrected chi connectivity index (χ4v) is 8.66. The molecule has 0 aliphatic carbocycles. The number of aliphatic hydroxyl groups is 4. The maximum Gasteiger partial charge on any atom is 0.311 e. The number of methoxy groups -OCH3 is 1. The van der Waals surface area contributed by atoms with Gasteiger partial charge in [-0.15, -0.1) is 0 Å². The van der Waals surface area contributed by atoms with Crippen molar-refractivity contribution in [2.75, 3.05) is 21.2 Å². The fourth-order valence-electron chi connectivity index (χ4n) is 8.66. The lowest BCUT2D eigenvalue weighted by molar-refractivity contribution is -0.318. The van der Waals surface area contributed by atoms with E-state index in [2.05, 4.69) is 0 Å². The highest BCUT2D eigenvalue weighted by molar-refractivity contribution is 5.80. The van der Waals surface area contributed by atoms with Crippen LogP contribution in [0.4, 0.5) is 0 Å². The first-order chi connectivity index (χ1) is 23.6. The highest BCUT2D eigenvalue weighted by Gasteiger charge is 2.54. The monoisotopic (exact) mass is 730 g/mol. The molecule has 4 rings (SSSR count). The Morgan fingerprint density at radius 3 is 2.20 bits per heavy atom. The van der Waals surface area contributed by atoms with Crippen molar-refractivity contribution in [2.45, 2.75) is 185 Å². The molecule has 0 saturated carbocycles. The number of hydrogen-bond acceptors (Lipinski definition) is 14. The highest BCUT2D eigenvalue weighted by Crippen LogP contribution is 2.41. The van der Waals surface area contributed by atoms with Gasteiger partial charge in [-0.2, -0.15) is 0 Å². The fraction of sp³-hybridized carbons (Fsp3) is 0.946. The molecule has 2 bridgehead atoms. The number of fused-ring (bicyclic) bond motifs is 2. The molecule has 18 atom stereocenters. The molecular weight excluding hydrogens is 664 g/mol. The van der Waals surface area contributed by atoms with E-state index in [1.165, 1.54) is 7.11 Å². The third-order valence-electron chi connectivity index (χ3n) is 11.8. The summed E-state index contributed by atoms with van der Waals surface area (Å²) in [5.41, 5.74) is -4.22. The minimum Gasteiger partial charge on any atom is -0.472 e. The lowest BCUT2D eigenvalue weighted by atomic mass is 9.77. The molecule has 0 aromatic carbocycles. The predicted molar refractivity (Wildman–Crippen MR) is 188 cm³/mol. The summed E-state index contributed by atoms with van der Waals surface area (Å²) in [4.78, 5) is 20.9. The number of cyclic esters (lactones) is 1. The Kier molecular flexibility index (Phi) is 13.4. The number of esters is 1. The van der Waals surface area contributed by atoms with Crippen LogP contribution in [0.1, 0.15) is 94.9 Å². The number of carbonyl (C=O) groups excluding carboxylic acids is 1. The summed E-state index contributed by atoms with van der Waals surface area (Å²) in [6, 6.07) is -0.725. The van der Waals surface area contributed by atoms with E-state index < -0.39 is 102 Å². The van der Waals surface area contributed by atoms with Gasteiger partial charge in [-0.05, 0) is 81.8 Å². The molecule has 0 unspecified atom stereocenters. The van der Waals surface area contributed by atoms with E-state index in [1.54, 1.807) is 34.6 Å². The third kappa shape index (κ3) is 8.76. The van der Waals surface area contributed by atoms with E-state index in [9.17, 15) is 25.2 Å². The van der Waals surface area contributed by atoms with Crippen molar-refractivity contribution >= 4 is 11.9 Å². The summed E-state index contributed by atoms with van der Waals surface area (Å²) >= 11 is 0. The summed E-state index contributed by atoms with van der Waals surface area (Å²) < 4.78 is 43.9. The number of rotatable bonds is 7. The predicted octanol–water partition coefficient (Wildman–Crippen LogP) is 2.41. The zero-order valence-electron chi connectivity index (χ0n) is 32.9. The number of likely N-dealkylation sites (N-methyl/N-ethyl adjacent to an activating group) is 1. The van der Waals surface area contributed by atoms with Crippen LogP contribution in [0.5, 0.6) is 0 Å². The van der Waals surface area contributed by atoms with Crippen molar-refractivity contribution in [1.82, 2.24) is 4.90 Å². The van der Waals surface area contributed by atoms with Crippen molar-refractivity contribution < 1.29 is 58.4 Å². The molecule has 4 aliphatic heterocycles. The van der Waals surface area contributed by atoms with Crippen LogP contribution in [-0.2, 0) is 38.0 Å². The van der Waals surface area contributed by atoms with E-state index in [0.29, 0.717) is 18.7 Å². The molecule has 4 N–H and O–H groups in total. The first-order valence-electron chi connectivity index (χ1n) is 18.7. The van der Waals surface area contributed by atoms with Gasteiger partial charge < -0.3 is 58.5 Å². The maximum absolute atomic E-state index is 14.2. The van der Waals surface area contributed by atoms with Gasteiger partial charge in [0.2, 0.25) is 0 Å². The number of hydrogen-bond donors (Lipinski definition) is 4. The number of aliphatic hydroxyl groups excluding tert-OH is 2. The average Bonchev–Trinajstić information content (AvgIpc) is 3.46. The van der Waals surface area contributed by atoms with Gasteiger partial charge in [0.1, 0.15) is 23.9 Å². The Balaban J connectivity index is 1.82. The largest absolute Gasteiger partial charge is 0.472 e. The van der Waals surface area contributed by atoms with Gasteiger partial charge in [0.05, 0.1) is 47.6 Å². The highest BCUT2D eigenvalue weighted by atomic mass is 16.7. The van der Waals surface area contributed by atoms with E-state index >= 15 is 0 Å². The summed E-state index contributed by atoms with van der Waals surface area (Å²) in [7, 11) is 5.28. The molecule has 0 radical (unpaired) electrons. The zero-order valence-corrected chi connectivity index (χ0v) is 32.9. The summed E-state index contributed by atoms with van der Waals surface area (Å²) in [6.07, 6.45) is -7.58. The van der Waals surface area contributed by atoms with E-state index in [-0.39, 0.29) is 25.0 Å². The molecule has 0 aromatic rings. The maximum atomic E-state index is 14.2. The smallest absolute Gasteiger partial charge is 0.311 e. The normalized spacial score (nSPS) is 50.3. The zero-order chi connectivity index (χ0) is 38.4. The second-order valence-corrected chi connectivity index (χ2v) is 16.6. The second-order valence-electron chi connectivity index (χ2n) is 16.6. The van der Waals surface area contributed by atoms with Crippen LogP contribution in [0.25, 0.3) is 0 Å². The van der Waals surface area contributed by atoms with Crippen LogP contribution in [0, 0.1) is 17.8 Å². The summed E-state index contributed by atoms with van der Waals surface area (Å²) in [5, 5.41) is 46.8. The van der Waals surface area contributed by atoms with Crippen LogP contribution >= 0.6 is 0 Å². The van der Waals surface area contributed by atoms with Crippen LogP contribution in [0.2, 0.25) is 0 Å². The Labute approximate surface area is 304 Å². The Morgan fingerprint density at radius 2 is 1.61 bits per heavy atom. The molecule has 0 aromatic heterocycles. The first-order valence-corrected chi connectivity index (χ1v) is 18.7. The number of ether oxygens (including phenoxy) is 7. The molecule has 14 heteroatoms. The minimum atomic E-state index is -1.62. The topological polar surface area (TPSA) is 178 Å². The Morgan fingerprint density at radius 1 is 0.961 bits per heavy atom. The molecule has 3 saturated heterocycles.